The summed E-state index contributed by atoms with van der Waals surface area (Å²) in [5.74, 6) is -0.488. The molecule has 0 saturated heterocycles. The van der Waals surface area contributed by atoms with E-state index in [4.69, 9.17) is 28.2 Å². The Hall–Kier alpha value is -4.08. The normalized spacial score (nSPS) is 14.7. The summed E-state index contributed by atoms with van der Waals surface area (Å²) in [4.78, 5) is 47.6. The number of phenolic OH excluding ortho intramolecular Hbond substituents is 1. The number of aromatic hydroxyl groups is 1. The van der Waals surface area contributed by atoms with Gasteiger partial charge < -0.3 is 19.1 Å². The van der Waals surface area contributed by atoms with Crippen LogP contribution in [0.2, 0.25) is 10.0 Å². The van der Waals surface area contributed by atoms with Gasteiger partial charge in [0.15, 0.2) is 5.69 Å². The summed E-state index contributed by atoms with van der Waals surface area (Å²) < 4.78 is 3.19. The molecule has 0 spiro atoms. The zero-order valence-corrected chi connectivity index (χ0v) is 24.0. The molecule has 1 atom stereocenters. The molecule has 5 rings (SSSR count). The number of benzene rings is 2. The third kappa shape index (κ3) is 4.45. The SMILES string of the molecule is CC(C)n1c(-c2cc(C(=O)N(C)C)ccc2O)nc2c1C(c1ccc(Cl)cc1)N(c1cc(Cl)cn(C)c1=O)C2=O. The third-order valence-electron chi connectivity index (χ3n) is 6.87. The summed E-state index contributed by atoms with van der Waals surface area (Å²) in [6, 6.07) is 12.1. The molecule has 4 aromatic rings. The van der Waals surface area contributed by atoms with E-state index in [1.165, 1.54) is 38.8 Å². The molecule has 0 radical (unpaired) electrons. The lowest BCUT2D eigenvalue weighted by Crippen LogP contribution is -2.36. The molecule has 3 heterocycles. The Morgan fingerprint density at radius 2 is 1.70 bits per heavy atom. The zero-order chi connectivity index (χ0) is 29.0. The topological polar surface area (TPSA) is 101 Å². The second-order valence-corrected chi connectivity index (χ2v) is 11.0. The number of pyridine rings is 1. The second kappa shape index (κ2) is 10.1. The average Bonchev–Trinajstić information content (AvgIpc) is 3.41. The molecule has 2 amide bonds. The summed E-state index contributed by atoms with van der Waals surface area (Å²) in [6.07, 6.45) is 1.48. The molecule has 11 heteroatoms. The van der Waals surface area contributed by atoms with E-state index in [2.05, 4.69) is 0 Å². The van der Waals surface area contributed by atoms with Crippen molar-refractivity contribution < 1.29 is 14.7 Å². The van der Waals surface area contributed by atoms with Gasteiger partial charge in [0.25, 0.3) is 17.4 Å². The first-order valence-corrected chi connectivity index (χ1v) is 13.3. The van der Waals surface area contributed by atoms with Gasteiger partial charge in [-0.1, -0.05) is 35.3 Å². The van der Waals surface area contributed by atoms with Crippen LogP contribution in [0.4, 0.5) is 5.69 Å². The van der Waals surface area contributed by atoms with Crippen LogP contribution in [-0.2, 0) is 7.05 Å². The fourth-order valence-electron chi connectivity index (χ4n) is 5.06. The van der Waals surface area contributed by atoms with Gasteiger partial charge in [0.2, 0.25) is 0 Å². The van der Waals surface area contributed by atoms with E-state index in [1.54, 1.807) is 51.5 Å². The van der Waals surface area contributed by atoms with Gasteiger partial charge >= 0.3 is 0 Å². The number of aryl methyl sites for hydroxylation is 1. The zero-order valence-electron chi connectivity index (χ0n) is 22.5. The monoisotopic (exact) mass is 579 g/mol. The average molecular weight is 580 g/mol. The first kappa shape index (κ1) is 27.5. The van der Waals surface area contributed by atoms with Crippen molar-refractivity contribution in [1.82, 2.24) is 19.0 Å². The van der Waals surface area contributed by atoms with Crippen molar-refractivity contribution >= 4 is 40.7 Å². The molecule has 0 saturated carbocycles. The number of aromatic nitrogens is 3. The summed E-state index contributed by atoms with van der Waals surface area (Å²) in [6.45, 7) is 3.86. The van der Waals surface area contributed by atoms with Gasteiger partial charge in [-0.3, -0.25) is 19.3 Å². The molecule has 0 aliphatic carbocycles. The number of rotatable bonds is 5. The summed E-state index contributed by atoms with van der Waals surface area (Å²) in [7, 11) is 4.85. The number of fused-ring (bicyclic) bond motifs is 1. The molecule has 1 aliphatic rings. The van der Waals surface area contributed by atoms with Gasteiger partial charge in [0, 0.05) is 44.0 Å². The lowest BCUT2D eigenvalue weighted by atomic mass is 10.0. The predicted molar refractivity (Wildman–Crippen MR) is 155 cm³/mol. The molecule has 0 bridgehead atoms. The van der Waals surface area contributed by atoms with Gasteiger partial charge in [0.1, 0.15) is 23.3 Å². The molecule has 206 valence electrons. The molecule has 1 N–H and O–H groups in total. The highest BCUT2D eigenvalue weighted by Gasteiger charge is 2.46. The Balaban J connectivity index is 1.80. The molecule has 2 aromatic heterocycles. The van der Waals surface area contributed by atoms with Crippen molar-refractivity contribution in [2.45, 2.75) is 25.9 Å². The number of hydrogen-bond donors (Lipinski definition) is 1. The number of nitrogens with zero attached hydrogens (tertiary/aromatic N) is 5. The van der Waals surface area contributed by atoms with E-state index in [0.29, 0.717) is 38.3 Å². The van der Waals surface area contributed by atoms with E-state index in [0.717, 1.165) is 0 Å². The van der Waals surface area contributed by atoms with Gasteiger partial charge in [-0.25, -0.2) is 4.98 Å². The Kier molecular flexibility index (Phi) is 6.97. The minimum atomic E-state index is -0.747. The van der Waals surface area contributed by atoms with Gasteiger partial charge in [-0.05, 0) is 55.8 Å². The Morgan fingerprint density at radius 3 is 2.33 bits per heavy atom. The third-order valence-corrected chi connectivity index (χ3v) is 7.33. The van der Waals surface area contributed by atoms with Crippen LogP contribution < -0.4 is 10.5 Å². The van der Waals surface area contributed by atoms with E-state index in [1.807, 2.05) is 18.4 Å². The Morgan fingerprint density at radius 1 is 1.02 bits per heavy atom. The fourth-order valence-corrected chi connectivity index (χ4v) is 5.44. The van der Waals surface area contributed by atoms with Crippen LogP contribution in [0.25, 0.3) is 11.4 Å². The van der Waals surface area contributed by atoms with Gasteiger partial charge in [-0.15, -0.1) is 0 Å². The minimum Gasteiger partial charge on any atom is -0.507 e. The predicted octanol–water partition coefficient (Wildman–Crippen LogP) is 5.29. The maximum absolute atomic E-state index is 14.1. The first-order valence-electron chi connectivity index (χ1n) is 12.5. The van der Waals surface area contributed by atoms with Crippen molar-refractivity contribution in [3.63, 3.8) is 0 Å². The largest absolute Gasteiger partial charge is 0.507 e. The van der Waals surface area contributed by atoms with Gasteiger partial charge in [0.05, 0.1) is 16.3 Å². The van der Waals surface area contributed by atoms with Crippen molar-refractivity contribution in [1.29, 1.82) is 0 Å². The summed E-state index contributed by atoms with van der Waals surface area (Å²) in [5, 5.41) is 11.7. The number of carbonyl (C=O) groups is 2. The maximum Gasteiger partial charge on any atom is 0.279 e. The molecule has 2 aromatic carbocycles. The number of phenols is 1. The number of anilines is 1. The lowest BCUT2D eigenvalue weighted by molar-refractivity contribution is 0.0827. The van der Waals surface area contributed by atoms with Crippen molar-refractivity contribution in [3.05, 3.63) is 97.6 Å². The highest BCUT2D eigenvalue weighted by Crippen LogP contribution is 2.45. The molecule has 40 heavy (non-hydrogen) atoms. The molecule has 9 nitrogen and oxygen atoms in total. The standard InChI is InChI=1S/C29H27Cl2N5O4/c1-15(2)35-25-23(32-26(35)20-12-17(8-11-22(20)37)27(38)33(3)4)29(40)36(21-13-19(31)14-34(5)28(21)39)24(25)16-6-9-18(30)10-7-16/h6-15,24,37H,1-5H3. The number of imidazole rings is 1. The van der Waals surface area contributed by atoms with E-state index >= 15 is 0 Å². The second-order valence-electron chi connectivity index (χ2n) is 10.2. The van der Waals surface area contributed by atoms with Crippen LogP contribution in [0.1, 0.15) is 58.0 Å². The Bertz CT molecular complexity index is 1720. The molecule has 1 aliphatic heterocycles. The van der Waals surface area contributed by atoms with E-state index in [9.17, 15) is 19.5 Å². The van der Waals surface area contributed by atoms with E-state index < -0.39 is 17.5 Å². The van der Waals surface area contributed by atoms with Crippen molar-refractivity contribution in [3.8, 4) is 17.1 Å². The minimum absolute atomic E-state index is 0.0862. The highest BCUT2D eigenvalue weighted by molar-refractivity contribution is 6.31. The molecule has 1 unspecified atom stereocenters. The number of amides is 2. The number of carbonyl (C=O) groups excluding carboxylic acids is 2. The van der Waals surface area contributed by atoms with Crippen molar-refractivity contribution in [2.24, 2.45) is 7.05 Å². The fraction of sp³-hybridized carbons (Fsp3) is 0.241. The van der Waals surface area contributed by atoms with Crippen LogP contribution in [0, 0.1) is 0 Å². The highest BCUT2D eigenvalue weighted by atomic mass is 35.5. The van der Waals surface area contributed by atoms with E-state index in [-0.39, 0.29) is 29.1 Å². The summed E-state index contributed by atoms with van der Waals surface area (Å²) >= 11 is 12.5. The van der Waals surface area contributed by atoms with Crippen LogP contribution in [-0.4, -0.2) is 50.0 Å². The maximum atomic E-state index is 14.1. The van der Waals surface area contributed by atoms with Crippen LogP contribution in [0.3, 0.4) is 0 Å². The molecule has 0 fully saturated rings. The van der Waals surface area contributed by atoms with Crippen LogP contribution in [0.5, 0.6) is 5.75 Å². The lowest BCUT2D eigenvalue weighted by Gasteiger charge is -2.28. The number of halogens is 2. The van der Waals surface area contributed by atoms with Gasteiger partial charge in [-0.2, -0.15) is 0 Å². The van der Waals surface area contributed by atoms with Crippen molar-refractivity contribution in [2.75, 3.05) is 19.0 Å². The molecular formula is C29H27Cl2N5O4. The van der Waals surface area contributed by atoms with Crippen LogP contribution in [0.15, 0.2) is 59.5 Å². The first-order chi connectivity index (χ1) is 18.9. The Labute approximate surface area is 240 Å². The summed E-state index contributed by atoms with van der Waals surface area (Å²) in [5.41, 5.74) is 1.76. The quantitative estimate of drug-likeness (QED) is 0.346. The molecular weight excluding hydrogens is 553 g/mol. The van der Waals surface area contributed by atoms with Crippen LogP contribution >= 0.6 is 23.2 Å². The smallest absolute Gasteiger partial charge is 0.279 e. The number of hydrogen-bond acceptors (Lipinski definition) is 5.